The van der Waals surface area contributed by atoms with Crippen LogP contribution in [0.3, 0.4) is 0 Å². The van der Waals surface area contributed by atoms with Crippen LogP contribution in [0.5, 0.6) is 0 Å². The monoisotopic (exact) mass is 234 g/mol. The van der Waals surface area contributed by atoms with Crippen LogP contribution in [0.2, 0.25) is 0 Å². The molecule has 0 spiro atoms. The molecule has 1 aliphatic carbocycles. The Bertz CT molecular complexity index is 260. The van der Waals surface area contributed by atoms with Gasteiger partial charge in [0.2, 0.25) is 0 Å². The van der Waals surface area contributed by atoms with Gasteiger partial charge in [-0.3, -0.25) is 4.90 Å². The zero-order valence-corrected chi connectivity index (χ0v) is 10.9. The zero-order chi connectivity index (χ0) is 11.7. The Balaban J connectivity index is 1.45. The largest absolute Gasteiger partial charge is 0.311 e. The molecule has 2 bridgehead atoms. The van der Waals surface area contributed by atoms with Crippen LogP contribution in [0.15, 0.2) is 12.7 Å². The summed E-state index contributed by atoms with van der Waals surface area (Å²) in [7, 11) is 0. The smallest absolute Gasteiger partial charge is 0.0163 e. The number of hydrogen-bond acceptors (Lipinski definition) is 2. The summed E-state index contributed by atoms with van der Waals surface area (Å²) < 4.78 is 0. The molecule has 2 heterocycles. The van der Waals surface area contributed by atoms with Crippen LogP contribution in [0.25, 0.3) is 0 Å². The lowest BCUT2D eigenvalue weighted by Gasteiger charge is -2.31. The van der Waals surface area contributed by atoms with E-state index in [9.17, 15) is 0 Å². The Morgan fingerprint density at radius 3 is 2.41 bits per heavy atom. The lowest BCUT2D eigenvalue weighted by molar-refractivity contribution is 0.225. The quantitative estimate of drug-likeness (QED) is 0.711. The van der Waals surface area contributed by atoms with Gasteiger partial charge in [0.1, 0.15) is 0 Å². The van der Waals surface area contributed by atoms with E-state index < -0.39 is 0 Å². The molecule has 3 fully saturated rings. The van der Waals surface area contributed by atoms with Crippen molar-refractivity contribution >= 4 is 0 Å². The van der Waals surface area contributed by atoms with Gasteiger partial charge in [-0.1, -0.05) is 6.08 Å². The molecule has 2 nitrogen and oxygen atoms in total. The molecule has 0 aromatic heterocycles. The van der Waals surface area contributed by atoms with Crippen LogP contribution in [0, 0.1) is 5.92 Å². The van der Waals surface area contributed by atoms with Gasteiger partial charge in [0.25, 0.3) is 0 Å². The van der Waals surface area contributed by atoms with Crippen molar-refractivity contribution in [2.45, 2.75) is 63.1 Å². The fourth-order valence-corrected chi connectivity index (χ4v) is 3.79. The van der Waals surface area contributed by atoms with Crippen LogP contribution in [0.1, 0.15) is 44.9 Å². The maximum Gasteiger partial charge on any atom is 0.0163 e. The van der Waals surface area contributed by atoms with Crippen LogP contribution < -0.4 is 5.32 Å². The summed E-state index contributed by atoms with van der Waals surface area (Å²) >= 11 is 0. The Hall–Kier alpha value is -0.340. The van der Waals surface area contributed by atoms with Crippen LogP contribution in [0.4, 0.5) is 0 Å². The standard InChI is InChI=1S/C15H26N2/c1-2-8-17(15-5-6-15)9-7-12-10-13-3-4-14(11-12)16-13/h2,12-16H,1,3-11H2. The van der Waals surface area contributed by atoms with E-state index in [-0.39, 0.29) is 0 Å². The molecule has 2 atom stereocenters. The van der Waals surface area contributed by atoms with Gasteiger partial charge in [-0.15, -0.1) is 6.58 Å². The van der Waals surface area contributed by atoms with Crippen LogP contribution in [-0.4, -0.2) is 36.1 Å². The minimum atomic E-state index is 0.854. The molecule has 96 valence electrons. The molecule has 2 aliphatic heterocycles. The minimum Gasteiger partial charge on any atom is -0.311 e. The lowest BCUT2D eigenvalue weighted by Crippen LogP contribution is -2.39. The van der Waals surface area contributed by atoms with Gasteiger partial charge in [0.15, 0.2) is 0 Å². The summed E-state index contributed by atoms with van der Waals surface area (Å²) in [6.45, 7) is 6.29. The van der Waals surface area contributed by atoms with E-state index in [1.54, 1.807) is 0 Å². The van der Waals surface area contributed by atoms with E-state index >= 15 is 0 Å². The second kappa shape index (κ2) is 5.11. The first-order valence-corrected chi connectivity index (χ1v) is 7.46. The van der Waals surface area contributed by atoms with Crippen molar-refractivity contribution in [1.82, 2.24) is 10.2 Å². The van der Waals surface area contributed by atoms with Gasteiger partial charge in [0.05, 0.1) is 0 Å². The summed E-state index contributed by atoms with van der Waals surface area (Å²) in [4.78, 5) is 2.65. The average molecular weight is 234 g/mol. The SMILES string of the molecule is C=CCN(CCC1CC2CCC(C1)N2)C1CC1. The Labute approximate surface area is 105 Å². The molecule has 1 N–H and O–H groups in total. The molecule has 0 aromatic rings. The highest BCUT2D eigenvalue weighted by Gasteiger charge is 2.34. The van der Waals surface area contributed by atoms with E-state index in [1.165, 1.54) is 51.5 Å². The summed E-state index contributed by atoms with van der Waals surface area (Å²) in [5, 5.41) is 3.74. The maximum atomic E-state index is 3.89. The molecule has 0 radical (unpaired) electrons. The summed E-state index contributed by atoms with van der Waals surface area (Å²) in [6.07, 6.45) is 12.1. The van der Waals surface area contributed by atoms with Crippen molar-refractivity contribution in [2.24, 2.45) is 5.92 Å². The number of nitrogens with one attached hydrogen (secondary N) is 1. The number of rotatable bonds is 6. The van der Waals surface area contributed by atoms with Gasteiger partial charge < -0.3 is 5.32 Å². The fraction of sp³-hybridized carbons (Fsp3) is 0.867. The molecule has 3 aliphatic rings. The van der Waals surface area contributed by atoms with E-state index in [0.29, 0.717) is 0 Å². The van der Waals surface area contributed by atoms with Gasteiger partial charge in [-0.25, -0.2) is 0 Å². The van der Waals surface area contributed by atoms with E-state index in [0.717, 1.165) is 30.6 Å². The first-order valence-electron chi connectivity index (χ1n) is 7.46. The molecule has 0 aromatic carbocycles. The summed E-state index contributed by atoms with van der Waals surface area (Å²) in [5.41, 5.74) is 0. The predicted octanol–water partition coefficient (Wildman–Crippen LogP) is 2.56. The molecule has 1 saturated carbocycles. The van der Waals surface area contributed by atoms with Crippen molar-refractivity contribution in [3.8, 4) is 0 Å². The zero-order valence-electron chi connectivity index (χ0n) is 10.9. The van der Waals surface area contributed by atoms with Gasteiger partial charge in [-0.05, 0) is 57.4 Å². The molecule has 3 rings (SSSR count). The first kappa shape index (κ1) is 11.7. The van der Waals surface area contributed by atoms with Crippen LogP contribution in [-0.2, 0) is 0 Å². The average Bonchev–Trinajstić information content (AvgIpc) is 3.11. The van der Waals surface area contributed by atoms with E-state index in [4.69, 9.17) is 0 Å². The van der Waals surface area contributed by atoms with Crippen molar-refractivity contribution in [3.63, 3.8) is 0 Å². The normalized spacial score (nSPS) is 36.4. The van der Waals surface area contributed by atoms with E-state index in [1.807, 2.05) is 0 Å². The maximum absolute atomic E-state index is 3.89. The molecular weight excluding hydrogens is 208 g/mol. The fourth-order valence-electron chi connectivity index (χ4n) is 3.79. The summed E-state index contributed by atoms with van der Waals surface area (Å²) in [6, 6.07) is 2.60. The second-order valence-electron chi connectivity index (χ2n) is 6.28. The highest BCUT2D eigenvalue weighted by Crippen LogP contribution is 2.34. The third-order valence-corrected chi connectivity index (χ3v) is 4.82. The molecule has 2 saturated heterocycles. The number of fused-ring (bicyclic) bond motifs is 2. The topological polar surface area (TPSA) is 15.3 Å². The Morgan fingerprint density at radius 2 is 1.82 bits per heavy atom. The van der Waals surface area contributed by atoms with Crippen molar-refractivity contribution in [1.29, 1.82) is 0 Å². The van der Waals surface area contributed by atoms with E-state index in [2.05, 4.69) is 22.9 Å². The highest BCUT2D eigenvalue weighted by molar-refractivity contribution is 4.93. The molecule has 2 heteroatoms. The number of hydrogen-bond donors (Lipinski definition) is 1. The molecule has 0 amide bonds. The van der Waals surface area contributed by atoms with Crippen molar-refractivity contribution in [3.05, 3.63) is 12.7 Å². The Morgan fingerprint density at radius 1 is 1.12 bits per heavy atom. The minimum absolute atomic E-state index is 0.854. The molecule has 17 heavy (non-hydrogen) atoms. The third-order valence-electron chi connectivity index (χ3n) is 4.82. The van der Waals surface area contributed by atoms with Crippen molar-refractivity contribution in [2.75, 3.05) is 13.1 Å². The van der Waals surface area contributed by atoms with Gasteiger partial charge >= 0.3 is 0 Å². The van der Waals surface area contributed by atoms with Gasteiger partial charge in [0, 0.05) is 24.7 Å². The number of piperidine rings is 1. The first-order chi connectivity index (χ1) is 8.35. The Kier molecular flexibility index (Phi) is 3.53. The molecular formula is C15H26N2. The number of nitrogens with zero attached hydrogens (tertiary/aromatic N) is 1. The van der Waals surface area contributed by atoms with Crippen molar-refractivity contribution < 1.29 is 0 Å². The van der Waals surface area contributed by atoms with Crippen LogP contribution >= 0.6 is 0 Å². The second-order valence-corrected chi connectivity index (χ2v) is 6.28. The van der Waals surface area contributed by atoms with Gasteiger partial charge in [-0.2, -0.15) is 0 Å². The lowest BCUT2D eigenvalue weighted by atomic mass is 9.89. The summed E-state index contributed by atoms with van der Waals surface area (Å²) in [5.74, 6) is 0.986. The molecule has 2 unspecified atom stereocenters. The third kappa shape index (κ3) is 2.92. The highest BCUT2D eigenvalue weighted by atomic mass is 15.2. The predicted molar refractivity (Wildman–Crippen MR) is 72.1 cm³/mol.